The third kappa shape index (κ3) is 4.49. The summed E-state index contributed by atoms with van der Waals surface area (Å²) < 4.78 is 58.2. The summed E-state index contributed by atoms with van der Waals surface area (Å²) in [5.74, 6) is -3.12. The number of rotatable bonds is 6. The van der Waals surface area contributed by atoms with Crippen LogP contribution in [0.3, 0.4) is 0 Å². The minimum Gasteiger partial charge on any atom is -0.345 e. The Balaban J connectivity index is 1.72. The van der Waals surface area contributed by atoms with Gasteiger partial charge in [-0.05, 0) is 64.4 Å². The molecule has 0 radical (unpaired) electrons. The maximum absolute atomic E-state index is 15.3. The first-order valence-electron chi connectivity index (χ1n) is 9.86. The first-order chi connectivity index (χ1) is 15.6. The number of hydrogen-bond donors (Lipinski definition) is 2. The number of pyridine rings is 1. The first-order valence-corrected chi connectivity index (χ1v) is 12.4. The van der Waals surface area contributed by atoms with E-state index < -0.39 is 38.7 Å². The summed E-state index contributed by atoms with van der Waals surface area (Å²) >= 11 is 2.01. The van der Waals surface area contributed by atoms with Crippen LogP contribution in [0.2, 0.25) is 0 Å². The molecule has 0 aliphatic rings. The number of nitrogens with zero attached hydrogens (tertiary/aromatic N) is 1. The van der Waals surface area contributed by atoms with Crippen LogP contribution >= 0.6 is 22.6 Å². The minimum absolute atomic E-state index is 0.0260. The summed E-state index contributed by atoms with van der Waals surface area (Å²) in [7, 11) is -4.17. The molecule has 10 heteroatoms. The maximum Gasteiger partial charge on any atom is 0.261 e. The third-order valence-corrected chi connectivity index (χ3v) is 7.13. The van der Waals surface area contributed by atoms with Crippen molar-refractivity contribution in [3.63, 3.8) is 0 Å². The molecule has 0 bridgehead atoms. The summed E-state index contributed by atoms with van der Waals surface area (Å²) in [6, 6.07) is 9.62. The average Bonchev–Trinajstić information content (AvgIpc) is 3.19. The molecule has 0 aliphatic heterocycles. The normalized spacial score (nSPS) is 11.8. The lowest BCUT2D eigenvalue weighted by atomic mass is 10.0. The molecule has 6 nitrogen and oxygen atoms in total. The third-order valence-electron chi connectivity index (χ3n) is 5.16. The number of aromatic amines is 1. The van der Waals surface area contributed by atoms with Crippen molar-refractivity contribution < 1.29 is 22.0 Å². The zero-order chi connectivity index (χ0) is 23.9. The van der Waals surface area contributed by atoms with Crippen molar-refractivity contribution in [2.45, 2.75) is 24.7 Å². The zero-order valence-electron chi connectivity index (χ0n) is 17.5. The van der Waals surface area contributed by atoms with Crippen LogP contribution in [0.5, 0.6) is 0 Å². The number of hydrogen-bond acceptors (Lipinski definition) is 4. The fraction of sp³-hybridized carbons (Fsp3) is 0.130. The highest BCUT2D eigenvalue weighted by atomic mass is 127. The Kier molecular flexibility index (Phi) is 6.23. The second kappa shape index (κ2) is 8.82. The largest absolute Gasteiger partial charge is 0.345 e. The predicted molar refractivity (Wildman–Crippen MR) is 130 cm³/mol. The Morgan fingerprint density at radius 2 is 1.82 bits per heavy atom. The molecule has 0 unspecified atom stereocenters. The number of anilines is 1. The highest BCUT2D eigenvalue weighted by Gasteiger charge is 2.26. The summed E-state index contributed by atoms with van der Waals surface area (Å²) in [6.07, 6.45) is 2.90. The van der Waals surface area contributed by atoms with Crippen molar-refractivity contribution >= 4 is 55.1 Å². The van der Waals surface area contributed by atoms with E-state index in [9.17, 15) is 17.6 Å². The number of nitrogens with one attached hydrogen (secondary N) is 2. The van der Waals surface area contributed by atoms with Crippen LogP contribution in [0.15, 0.2) is 59.8 Å². The van der Waals surface area contributed by atoms with Gasteiger partial charge in [-0.1, -0.05) is 26.0 Å². The number of carbonyl (C=O) groups is 1. The van der Waals surface area contributed by atoms with E-state index in [1.807, 2.05) is 36.4 Å². The fourth-order valence-electron chi connectivity index (χ4n) is 3.38. The van der Waals surface area contributed by atoms with E-state index in [2.05, 4.69) is 14.7 Å². The lowest BCUT2D eigenvalue weighted by molar-refractivity contribution is 0.103. The molecule has 0 saturated carbocycles. The van der Waals surface area contributed by atoms with Gasteiger partial charge in [0.2, 0.25) is 5.78 Å². The molecular weight excluding hydrogens is 563 g/mol. The van der Waals surface area contributed by atoms with Crippen LogP contribution in [0.4, 0.5) is 14.5 Å². The van der Waals surface area contributed by atoms with Gasteiger partial charge in [-0.3, -0.25) is 9.52 Å². The smallest absolute Gasteiger partial charge is 0.261 e. The Labute approximate surface area is 202 Å². The van der Waals surface area contributed by atoms with Gasteiger partial charge in [0.25, 0.3) is 10.0 Å². The van der Waals surface area contributed by atoms with Crippen molar-refractivity contribution in [3.05, 3.63) is 86.8 Å². The Morgan fingerprint density at radius 3 is 2.48 bits per heavy atom. The number of sulfonamides is 1. The average molecular weight is 581 g/mol. The molecule has 0 saturated heterocycles. The molecule has 170 valence electrons. The van der Waals surface area contributed by atoms with Gasteiger partial charge in [0, 0.05) is 26.9 Å². The monoisotopic (exact) mass is 581 g/mol. The van der Waals surface area contributed by atoms with Crippen molar-refractivity contribution in [2.24, 2.45) is 0 Å². The van der Waals surface area contributed by atoms with Gasteiger partial charge in [0.1, 0.15) is 11.5 Å². The molecule has 2 aromatic carbocycles. The molecule has 0 aliphatic carbocycles. The highest BCUT2D eigenvalue weighted by molar-refractivity contribution is 14.1. The summed E-state index contributed by atoms with van der Waals surface area (Å²) in [5, 5.41) is 0.405. The molecule has 4 aromatic rings. The van der Waals surface area contributed by atoms with E-state index in [1.165, 1.54) is 18.3 Å². The number of benzene rings is 2. The van der Waals surface area contributed by atoms with Crippen LogP contribution in [0.1, 0.15) is 41.3 Å². The van der Waals surface area contributed by atoms with Gasteiger partial charge in [-0.2, -0.15) is 0 Å². The first kappa shape index (κ1) is 23.3. The van der Waals surface area contributed by atoms with Crippen LogP contribution in [-0.2, 0) is 10.0 Å². The van der Waals surface area contributed by atoms with Crippen LogP contribution in [0.25, 0.3) is 11.0 Å². The van der Waals surface area contributed by atoms with E-state index in [0.717, 1.165) is 21.3 Å². The standard InChI is InChI=1S/C23H18F2IN3O3S/c1-12(2)13-3-5-15(6-4-13)33(31,32)29-19-8-7-18(24)20(21(19)25)22(30)17-11-28-23-16(17)9-14(26)10-27-23/h3-12,29H,1-2H3,(H,27,28). The second-order valence-electron chi connectivity index (χ2n) is 7.69. The summed E-state index contributed by atoms with van der Waals surface area (Å²) in [6.45, 7) is 3.94. The van der Waals surface area contributed by atoms with Gasteiger partial charge in [0.15, 0.2) is 5.82 Å². The Hall–Kier alpha value is -2.86. The van der Waals surface area contributed by atoms with Gasteiger partial charge in [0.05, 0.1) is 16.1 Å². The quantitative estimate of drug-likeness (QED) is 0.229. The van der Waals surface area contributed by atoms with Gasteiger partial charge < -0.3 is 4.98 Å². The lowest BCUT2D eigenvalue weighted by Gasteiger charge is -2.13. The van der Waals surface area contributed by atoms with E-state index in [1.54, 1.807) is 24.4 Å². The molecule has 33 heavy (non-hydrogen) atoms. The van der Waals surface area contributed by atoms with Crippen LogP contribution < -0.4 is 4.72 Å². The molecule has 0 spiro atoms. The Bertz CT molecular complexity index is 1480. The minimum atomic E-state index is -4.17. The fourth-order valence-corrected chi connectivity index (χ4v) is 4.89. The summed E-state index contributed by atoms with van der Waals surface area (Å²) in [4.78, 5) is 19.9. The van der Waals surface area contributed by atoms with E-state index in [-0.39, 0.29) is 16.4 Å². The number of carbonyl (C=O) groups excluding carboxylic acids is 1. The predicted octanol–water partition coefficient (Wildman–Crippen LogP) is 5.60. The number of halogens is 3. The Morgan fingerprint density at radius 1 is 1.12 bits per heavy atom. The van der Waals surface area contributed by atoms with Crippen molar-refractivity contribution in [2.75, 3.05) is 4.72 Å². The molecule has 2 heterocycles. The molecule has 2 N–H and O–H groups in total. The van der Waals surface area contributed by atoms with Gasteiger partial charge >= 0.3 is 0 Å². The van der Waals surface area contributed by atoms with Crippen molar-refractivity contribution in [1.82, 2.24) is 9.97 Å². The number of aromatic nitrogens is 2. The van der Waals surface area contributed by atoms with E-state index in [0.29, 0.717) is 11.0 Å². The van der Waals surface area contributed by atoms with Crippen molar-refractivity contribution in [3.8, 4) is 0 Å². The highest BCUT2D eigenvalue weighted by Crippen LogP contribution is 2.29. The second-order valence-corrected chi connectivity index (χ2v) is 10.6. The molecule has 2 aromatic heterocycles. The van der Waals surface area contributed by atoms with Gasteiger partial charge in [-0.25, -0.2) is 22.2 Å². The van der Waals surface area contributed by atoms with Crippen molar-refractivity contribution in [1.29, 1.82) is 0 Å². The molecule has 0 amide bonds. The zero-order valence-corrected chi connectivity index (χ0v) is 20.5. The van der Waals surface area contributed by atoms with E-state index >= 15 is 4.39 Å². The van der Waals surface area contributed by atoms with Crippen LogP contribution in [0, 0.1) is 15.2 Å². The number of H-pyrrole nitrogens is 1. The molecule has 4 rings (SSSR count). The molecule has 0 atom stereocenters. The maximum atomic E-state index is 15.3. The number of ketones is 1. The van der Waals surface area contributed by atoms with Crippen LogP contribution in [-0.4, -0.2) is 24.2 Å². The molecule has 0 fully saturated rings. The SMILES string of the molecule is CC(C)c1ccc(S(=O)(=O)Nc2ccc(F)c(C(=O)c3c[nH]c4ncc(I)cc34)c2F)cc1. The van der Waals surface area contributed by atoms with Gasteiger partial charge in [-0.15, -0.1) is 0 Å². The topological polar surface area (TPSA) is 91.9 Å². The summed E-state index contributed by atoms with van der Waals surface area (Å²) in [5.41, 5.74) is -0.0255. The lowest BCUT2D eigenvalue weighted by Crippen LogP contribution is -2.16. The van der Waals surface area contributed by atoms with E-state index in [4.69, 9.17) is 0 Å². The number of fused-ring (bicyclic) bond motifs is 1. The molecular formula is C23H18F2IN3O3S.